The smallest absolute Gasteiger partial charge is 0.277 e. The van der Waals surface area contributed by atoms with Crippen LogP contribution < -0.4 is 14.8 Å². The lowest BCUT2D eigenvalue weighted by Gasteiger charge is -2.20. The third kappa shape index (κ3) is 3.01. The first-order valence-corrected chi connectivity index (χ1v) is 7.59. The van der Waals surface area contributed by atoms with Crippen molar-refractivity contribution in [1.29, 1.82) is 0 Å². The van der Waals surface area contributed by atoms with Crippen LogP contribution in [0.5, 0.6) is 11.5 Å². The SMILES string of the molecule is O=C(Nc1cccc2c1OCCO2)c1cnn(-c2ccc(F)cc2)n1. The first kappa shape index (κ1) is 15.1. The van der Waals surface area contributed by atoms with Gasteiger partial charge in [0.1, 0.15) is 19.0 Å². The molecule has 0 atom stereocenters. The van der Waals surface area contributed by atoms with Crippen molar-refractivity contribution in [2.45, 2.75) is 0 Å². The predicted octanol–water partition coefficient (Wildman–Crippen LogP) is 2.43. The third-order valence-corrected chi connectivity index (χ3v) is 3.60. The molecule has 1 N–H and O–H groups in total. The molecule has 1 amide bonds. The van der Waals surface area contributed by atoms with E-state index in [0.717, 1.165) is 0 Å². The first-order valence-electron chi connectivity index (χ1n) is 7.59. The van der Waals surface area contributed by atoms with Gasteiger partial charge in [-0.15, -0.1) is 5.10 Å². The van der Waals surface area contributed by atoms with Crippen molar-refractivity contribution in [2.75, 3.05) is 18.5 Å². The summed E-state index contributed by atoms with van der Waals surface area (Å²) in [4.78, 5) is 13.7. The second kappa shape index (κ2) is 6.23. The fourth-order valence-corrected chi connectivity index (χ4v) is 2.42. The Morgan fingerprint density at radius 2 is 1.92 bits per heavy atom. The number of ether oxygens (including phenoxy) is 2. The molecule has 8 heteroatoms. The Morgan fingerprint density at radius 1 is 1.12 bits per heavy atom. The fourth-order valence-electron chi connectivity index (χ4n) is 2.42. The number of rotatable bonds is 3. The summed E-state index contributed by atoms with van der Waals surface area (Å²) < 4.78 is 24.0. The second-order valence-electron chi connectivity index (χ2n) is 5.28. The Kier molecular flexibility index (Phi) is 3.77. The van der Waals surface area contributed by atoms with Crippen LogP contribution in [0.25, 0.3) is 5.69 Å². The lowest BCUT2D eigenvalue weighted by atomic mass is 10.2. The molecule has 1 aliphatic rings. The maximum absolute atomic E-state index is 13.0. The molecular weight excluding hydrogens is 327 g/mol. The van der Waals surface area contributed by atoms with Crippen LogP contribution in [-0.2, 0) is 0 Å². The van der Waals surface area contributed by atoms with Gasteiger partial charge in [0, 0.05) is 0 Å². The van der Waals surface area contributed by atoms with Crippen molar-refractivity contribution in [3.05, 3.63) is 60.2 Å². The fraction of sp³-hybridized carbons (Fsp3) is 0.118. The Labute approximate surface area is 142 Å². The number of hydrogen-bond donors (Lipinski definition) is 1. The highest BCUT2D eigenvalue weighted by Gasteiger charge is 2.19. The van der Waals surface area contributed by atoms with Crippen molar-refractivity contribution in [1.82, 2.24) is 15.0 Å². The maximum Gasteiger partial charge on any atom is 0.277 e. The minimum absolute atomic E-state index is 0.124. The van der Waals surface area contributed by atoms with Gasteiger partial charge >= 0.3 is 0 Å². The molecule has 3 aromatic rings. The van der Waals surface area contributed by atoms with Gasteiger partial charge in [-0.25, -0.2) is 4.39 Å². The molecule has 0 unspecified atom stereocenters. The number of halogens is 1. The van der Waals surface area contributed by atoms with Gasteiger partial charge in [-0.2, -0.15) is 9.90 Å². The van der Waals surface area contributed by atoms with E-state index in [9.17, 15) is 9.18 Å². The van der Waals surface area contributed by atoms with E-state index in [1.165, 1.54) is 35.3 Å². The predicted molar refractivity (Wildman–Crippen MR) is 86.7 cm³/mol. The molecule has 126 valence electrons. The highest BCUT2D eigenvalue weighted by atomic mass is 19.1. The summed E-state index contributed by atoms with van der Waals surface area (Å²) in [5, 5.41) is 10.9. The number of benzene rings is 2. The van der Waals surface area contributed by atoms with Gasteiger partial charge in [-0.1, -0.05) is 6.07 Å². The highest BCUT2D eigenvalue weighted by molar-refractivity contribution is 6.03. The summed E-state index contributed by atoms with van der Waals surface area (Å²) in [6.45, 7) is 0.886. The van der Waals surface area contributed by atoms with E-state index in [0.29, 0.717) is 36.1 Å². The molecule has 25 heavy (non-hydrogen) atoms. The second-order valence-corrected chi connectivity index (χ2v) is 5.28. The number of amides is 1. The molecule has 1 aromatic heterocycles. The molecule has 4 rings (SSSR count). The summed E-state index contributed by atoms with van der Waals surface area (Å²) >= 11 is 0. The van der Waals surface area contributed by atoms with Crippen molar-refractivity contribution < 1.29 is 18.7 Å². The maximum atomic E-state index is 13.0. The van der Waals surface area contributed by atoms with E-state index in [1.807, 2.05) is 0 Å². The van der Waals surface area contributed by atoms with E-state index in [1.54, 1.807) is 18.2 Å². The molecular formula is C17H13FN4O3. The molecule has 0 saturated heterocycles. The van der Waals surface area contributed by atoms with Gasteiger partial charge in [-0.05, 0) is 36.4 Å². The van der Waals surface area contributed by atoms with E-state index in [4.69, 9.17) is 9.47 Å². The van der Waals surface area contributed by atoms with Crippen LogP contribution >= 0.6 is 0 Å². The molecule has 1 aliphatic heterocycles. The lowest BCUT2D eigenvalue weighted by Crippen LogP contribution is -2.19. The van der Waals surface area contributed by atoms with E-state index in [-0.39, 0.29) is 11.5 Å². The molecule has 0 fully saturated rings. The van der Waals surface area contributed by atoms with Crippen LogP contribution in [0.4, 0.5) is 10.1 Å². The largest absolute Gasteiger partial charge is 0.486 e. The van der Waals surface area contributed by atoms with E-state index < -0.39 is 5.91 Å². The van der Waals surface area contributed by atoms with Crippen LogP contribution in [-0.4, -0.2) is 34.1 Å². The van der Waals surface area contributed by atoms with Crippen LogP contribution in [0.2, 0.25) is 0 Å². The van der Waals surface area contributed by atoms with Crippen LogP contribution in [0.15, 0.2) is 48.7 Å². The Hall–Kier alpha value is -3.42. The number of hydrogen-bond acceptors (Lipinski definition) is 5. The monoisotopic (exact) mass is 340 g/mol. The first-order chi connectivity index (χ1) is 12.2. The molecule has 2 heterocycles. The average molecular weight is 340 g/mol. The molecule has 2 aromatic carbocycles. The van der Waals surface area contributed by atoms with Crippen LogP contribution in [0.3, 0.4) is 0 Å². The number of anilines is 1. The zero-order valence-electron chi connectivity index (χ0n) is 13.0. The van der Waals surface area contributed by atoms with E-state index in [2.05, 4.69) is 15.5 Å². The molecule has 0 aliphatic carbocycles. The number of para-hydroxylation sites is 1. The standard InChI is InChI=1S/C17H13FN4O3/c18-11-4-6-12(7-5-11)22-19-10-14(21-22)17(23)20-13-2-1-3-15-16(13)25-9-8-24-15/h1-7,10H,8-9H2,(H,20,23). The van der Waals surface area contributed by atoms with Crippen molar-refractivity contribution in [3.63, 3.8) is 0 Å². The van der Waals surface area contributed by atoms with Gasteiger partial charge in [0.05, 0.1) is 17.6 Å². The highest BCUT2D eigenvalue weighted by Crippen LogP contribution is 2.37. The number of nitrogens with one attached hydrogen (secondary N) is 1. The number of carbonyl (C=O) groups is 1. The Morgan fingerprint density at radius 3 is 2.76 bits per heavy atom. The molecule has 0 radical (unpaired) electrons. The zero-order chi connectivity index (χ0) is 17.2. The quantitative estimate of drug-likeness (QED) is 0.792. The summed E-state index contributed by atoms with van der Waals surface area (Å²) in [6, 6.07) is 10.9. The van der Waals surface area contributed by atoms with Gasteiger partial charge in [0.15, 0.2) is 17.2 Å². The minimum Gasteiger partial charge on any atom is -0.486 e. The summed E-state index contributed by atoms with van der Waals surface area (Å²) in [5.74, 6) is 0.285. The van der Waals surface area contributed by atoms with Crippen LogP contribution in [0.1, 0.15) is 10.5 Å². The zero-order valence-corrected chi connectivity index (χ0v) is 13.0. The Bertz CT molecular complexity index is 924. The molecule has 0 saturated carbocycles. The van der Waals surface area contributed by atoms with Gasteiger partial charge < -0.3 is 14.8 Å². The number of carbonyl (C=O) groups excluding carboxylic acids is 1. The van der Waals surface area contributed by atoms with Gasteiger partial charge in [0.25, 0.3) is 5.91 Å². The van der Waals surface area contributed by atoms with Gasteiger partial charge in [0.2, 0.25) is 0 Å². The number of fused-ring (bicyclic) bond motifs is 1. The molecule has 0 spiro atoms. The lowest BCUT2D eigenvalue weighted by molar-refractivity contribution is 0.102. The summed E-state index contributed by atoms with van der Waals surface area (Å²) in [5.41, 5.74) is 1.17. The minimum atomic E-state index is -0.434. The average Bonchev–Trinajstić information content (AvgIpc) is 3.13. The van der Waals surface area contributed by atoms with Crippen LogP contribution in [0, 0.1) is 5.82 Å². The molecule has 0 bridgehead atoms. The van der Waals surface area contributed by atoms with E-state index >= 15 is 0 Å². The summed E-state index contributed by atoms with van der Waals surface area (Å²) in [7, 11) is 0. The van der Waals surface area contributed by atoms with Crippen molar-refractivity contribution in [3.8, 4) is 17.2 Å². The number of aromatic nitrogens is 3. The normalized spacial score (nSPS) is 12.7. The summed E-state index contributed by atoms with van der Waals surface area (Å²) in [6.07, 6.45) is 1.34. The van der Waals surface area contributed by atoms with Gasteiger partial charge in [-0.3, -0.25) is 4.79 Å². The molecule has 7 nitrogen and oxygen atoms in total. The topological polar surface area (TPSA) is 78.3 Å². The Balaban J connectivity index is 1.55. The van der Waals surface area contributed by atoms with Crippen molar-refractivity contribution >= 4 is 11.6 Å². The third-order valence-electron chi connectivity index (χ3n) is 3.60. The number of nitrogens with zero attached hydrogens (tertiary/aromatic N) is 3. The van der Waals surface area contributed by atoms with Crippen molar-refractivity contribution in [2.24, 2.45) is 0 Å².